The molecule has 0 saturated carbocycles. The van der Waals surface area contributed by atoms with Crippen molar-refractivity contribution in [2.24, 2.45) is 0 Å². The van der Waals surface area contributed by atoms with Gasteiger partial charge in [-0.05, 0) is 47.0 Å². The summed E-state index contributed by atoms with van der Waals surface area (Å²) in [4.78, 5) is 13.0. The summed E-state index contributed by atoms with van der Waals surface area (Å²) in [5.41, 5.74) is 1.82. The second kappa shape index (κ2) is 5.65. The second-order valence-electron chi connectivity index (χ2n) is 4.28. The van der Waals surface area contributed by atoms with Crippen LogP contribution in [0, 0.1) is 0 Å². The Morgan fingerprint density at radius 3 is 2.71 bits per heavy atom. The standard InChI is InChI=1S/C13H16BrNO2/c1-15(11-4-6-17-7-5-11)13-3-2-10(9-16)8-12(13)14/h2-3,8-9,11H,4-7H2,1H3. The minimum absolute atomic E-state index is 0.516. The van der Waals surface area contributed by atoms with Crippen LogP contribution in [0.4, 0.5) is 5.69 Å². The van der Waals surface area contributed by atoms with E-state index in [4.69, 9.17) is 4.74 Å². The van der Waals surface area contributed by atoms with E-state index < -0.39 is 0 Å². The van der Waals surface area contributed by atoms with E-state index in [0.29, 0.717) is 11.6 Å². The van der Waals surface area contributed by atoms with Crippen molar-refractivity contribution in [2.75, 3.05) is 25.2 Å². The fourth-order valence-corrected chi connectivity index (χ4v) is 2.83. The van der Waals surface area contributed by atoms with Gasteiger partial charge in [-0.15, -0.1) is 0 Å². The van der Waals surface area contributed by atoms with Crippen molar-refractivity contribution in [1.82, 2.24) is 0 Å². The highest BCUT2D eigenvalue weighted by Crippen LogP contribution is 2.29. The highest BCUT2D eigenvalue weighted by Gasteiger charge is 2.20. The van der Waals surface area contributed by atoms with Crippen molar-refractivity contribution >= 4 is 27.9 Å². The van der Waals surface area contributed by atoms with Crippen LogP contribution in [0.1, 0.15) is 23.2 Å². The van der Waals surface area contributed by atoms with Gasteiger partial charge in [-0.2, -0.15) is 0 Å². The van der Waals surface area contributed by atoms with Crippen LogP contribution in [-0.2, 0) is 4.74 Å². The van der Waals surface area contributed by atoms with Gasteiger partial charge >= 0.3 is 0 Å². The fraction of sp³-hybridized carbons (Fsp3) is 0.462. The second-order valence-corrected chi connectivity index (χ2v) is 5.14. The SMILES string of the molecule is CN(c1ccc(C=O)cc1Br)C1CCOCC1. The molecule has 0 aromatic heterocycles. The lowest BCUT2D eigenvalue weighted by Gasteiger charge is -2.33. The number of ether oxygens (including phenoxy) is 1. The Balaban J connectivity index is 2.17. The van der Waals surface area contributed by atoms with E-state index in [1.54, 1.807) is 0 Å². The third-order valence-corrected chi connectivity index (χ3v) is 3.86. The molecule has 0 spiro atoms. The van der Waals surface area contributed by atoms with Crippen LogP contribution < -0.4 is 4.90 Å². The van der Waals surface area contributed by atoms with Gasteiger partial charge in [0.25, 0.3) is 0 Å². The van der Waals surface area contributed by atoms with E-state index in [1.165, 1.54) is 0 Å². The molecule has 1 aliphatic heterocycles. The molecule has 1 fully saturated rings. The maximum atomic E-state index is 10.7. The van der Waals surface area contributed by atoms with Crippen LogP contribution in [0.2, 0.25) is 0 Å². The molecule has 92 valence electrons. The van der Waals surface area contributed by atoms with E-state index in [9.17, 15) is 4.79 Å². The zero-order valence-corrected chi connectivity index (χ0v) is 11.4. The van der Waals surface area contributed by atoms with Crippen LogP contribution >= 0.6 is 15.9 Å². The first-order valence-corrected chi connectivity index (χ1v) is 6.57. The molecular formula is C13H16BrNO2. The lowest BCUT2D eigenvalue weighted by molar-refractivity contribution is 0.0854. The zero-order chi connectivity index (χ0) is 12.3. The normalized spacial score (nSPS) is 16.8. The van der Waals surface area contributed by atoms with E-state index in [1.807, 2.05) is 18.2 Å². The lowest BCUT2D eigenvalue weighted by atomic mass is 10.1. The predicted molar refractivity (Wildman–Crippen MR) is 71.8 cm³/mol. The average Bonchev–Trinajstić information content (AvgIpc) is 2.39. The fourth-order valence-electron chi connectivity index (χ4n) is 2.15. The Hall–Kier alpha value is -0.870. The summed E-state index contributed by atoms with van der Waals surface area (Å²) in [7, 11) is 2.09. The molecule has 2 rings (SSSR count). The van der Waals surface area contributed by atoms with E-state index in [0.717, 1.165) is 42.5 Å². The van der Waals surface area contributed by atoms with Crippen molar-refractivity contribution in [1.29, 1.82) is 0 Å². The van der Waals surface area contributed by atoms with Crippen LogP contribution in [0.25, 0.3) is 0 Å². The quantitative estimate of drug-likeness (QED) is 0.804. The summed E-state index contributed by atoms with van der Waals surface area (Å²) in [6.07, 6.45) is 2.97. The van der Waals surface area contributed by atoms with Crippen LogP contribution in [0.5, 0.6) is 0 Å². The smallest absolute Gasteiger partial charge is 0.150 e. The molecule has 0 bridgehead atoms. The number of aldehydes is 1. The summed E-state index contributed by atoms with van der Waals surface area (Å²) < 4.78 is 6.34. The summed E-state index contributed by atoms with van der Waals surface area (Å²) in [6.45, 7) is 1.66. The van der Waals surface area contributed by atoms with E-state index >= 15 is 0 Å². The van der Waals surface area contributed by atoms with Gasteiger partial charge in [0.2, 0.25) is 0 Å². The Kier molecular flexibility index (Phi) is 4.18. The van der Waals surface area contributed by atoms with Gasteiger partial charge in [-0.1, -0.05) is 0 Å². The van der Waals surface area contributed by atoms with Crippen molar-refractivity contribution in [3.8, 4) is 0 Å². The number of rotatable bonds is 3. The summed E-state index contributed by atoms with van der Waals surface area (Å²) in [5.74, 6) is 0. The Bertz CT molecular complexity index is 402. The van der Waals surface area contributed by atoms with Gasteiger partial charge in [0.05, 0.1) is 5.69 Å². The van der Waals surface area contributed by atoms with Gasteiger partial charge in [0, 0.05) is 36.3 Å². The molecule has 17 heavy (non-hydrogen) atoms. The first kappa shape index (κ1) is 12.6. The molecule has 1 aromatic rings. The van der Waals surface area contributed by atoms with E-state index in [2.05, 4.69) is 27.9 Å². The largest absolute Gasteiger partial charge is 0.381 e. The summed E-state index contributed by atoms with van der Waals surface area (Å²) in [5, 5.41) is 0. The molecule has 3 nitrogen and oxygen atoms in total. The van der Waals surface area contributed by atoms with Gasteiger partial charge in [0.15, 0.2) is 0 Å². The number of benzene rings is 1. The third kappa shape index (κ3) is 2.87. The van der Waals surface area contributed by atoms with Crippen molar-refractivity contribution in [3.05, 3.63) is 28.2 Å². The molecular weight excluding hydrogens is 282 g/mol. The number of carbonyl (C=O) groups excluding carboxylic acids is 1. The zero-order valence-electron chi connectivity index (χ0n) is 9.86. The molecule has 1 aliphatic rings. The first-order chi connectivity index (χ1) is 8.22. The van der Waals surface area contributed by atoms with Crippen molar-refractivity contribution < 1.29 is 9.53 Å². The summed E-state index contributed by atoms with van der Waals surface area (Å²) >= 11 is 3.52. The maximum Gasteiger partial charge on any atom is 0.150 e. The highest BCUT2D eigenvalue weighted by atomic mass is 79.9. The summed E-state index contributed by atoms with van der Waals surface area (Å²) in [6, 6.07) is 6.21. The lowest BCUT2D eigenvalue weighted by Crippen LogP contribution is -2.36. The Labute approximate surface area is 110 Å². The molecule has 0 aliphatic carbocycles. The van der Waals surface area contributed by atoms with E-state index in [-0.39, 0.29) is 0 Å². The molecule has 0 N–H and O–H groups in total. The van der Waals surface area contributed by atoms with Crippen LogP contribution in [0.3, 0.4) is 0 Å². The monoisotopic (exact) mass is 297 g/mol. The molecule has 0 unspecified atom stereocenters. The molecule has 0 amide bonds. The molecule has 1 heterocycles. The number of hydrogen-bond acceptors (Lipinski definition) is 3. The first-order valence-electron chi connectivity index (χ1n) is 5.77. The average molecular weight is 298 g/mol. The Morgan fingerprint density at radius 2 is 2.12 bits per heavy atom. The topological polar surface area (TPSA) is 29.5 Å². The van der Waals surface area contributed by atoms with Gasteiger partial charge in [-0.3, -0.25) is 4.79 Å². The van der Waals surface area contributed by atoms with Crippen LogP contribution in [-0.4, -0.2) is 32.6 Å². The number of halogens is 1. The van der Waals surface area contributed by atoms with Gasteiger partial charge in [0.1, 0.15) is 6.29 Å². The molecule has 1 aromatic carbocycles. The minimum Gasteiger partial charge on any atom is -0.381 e. The number of anilines is 1. The molecule has 0 radical (unpaired) electrons. The molecule has 0 atom stereocenters. The molecule has 1 saturated heterocycles. The number of hydrogen-bond donors (Lipinski definition) is 0. The maximum absolute atomic E-state index is 10.7. The minimum atomic E-state index is 0.516. The van der Waals surface area contributed by atoms with Gasteiger partial charge in [-0.25, -0.2) is 0 Å². The highest BCUT2D eigenvalue weighted by molar-refractivity contribution is 9.10. The van der Waals surface area contributed by atoms with Gasteiger partial charge < -0.3 is 9.64 Å². The third-order valence-electron chi connectivity index (χ3n) is 3.23. The van der Waals surface area contributed by atoms with Crippen LogP contribution in [0.15, 0.2) is 22.7 Å². The number of carbonyl (C=O) groups is 1. The molecule has 4 heteroatoms. The predicted octanol–water partition coefficient (Wildman–Crippen LogP) is 2.88. The Morgan fingerprint density at radius 1 is 1.41 bits per heavy atom. The number of nitrogens with zero attached hydrogens (tertiary/aromatic N) is 1. The van der Waals surface area contributed by atoms with Crippen molar-refractivity contribution in [2.45, 2.75) is 18.9 Å². The van der Waals surface area contributed by atoms with Crippen molar-refractivity contribution in [3.63, 3.8) is 0 Å².